The number of hydrogen-bond donors (Lipinski definition) is 0. The van der Waals surface area contributed by atoms with Gasteiger partial charge < -0.3 is 13.9 Å². The zero-order chi connectivity index (χ0) is 19.3. The molecule has 0 saturated carbocycles. The van der Waals surface area contributed by atoms with Crippen molar-refractivity contribution in [2.45, 2.75) is 45.4 Å². The fourth-order valence-corrected chi connectivity index (χ4v) is 4.63. The van der Waals surface area contributed by atoms with Crippen LogP contribution in [0.2, 0.25) is 18.1 Å². The Morgan fingerprint density at radius 2 is 2.04 bits per heavy atom. The zero-order valence-corrected chi connectivity index (χ0v) is 18.5. The van der Waals surface area contributed by atoms with Gasteiger partial charge in [-0.2, -0.15) is 0 Å². The maximum absolute atomic E-state index is 13.6. The number of hydrogen-bond acceptors (Lipinski definition) is 3. The molecular formula is C18H25BrFN3O2Si. The summed E-state index contributed by atoms with van der Waals surface area (Å²) in [5.74, 6) is -0.469. The zero-order valence-electron chi connectivity index (χ0n) is 15.9. The number of nitrogens with zero attached hydrogens (tertiary/aromatic N) is 3. The number of fused-ring (bicyclic) bond motifs is 3. The quantitative estimate of drug-likeness (QED) is 0.659. The third kappa shape index (κ3) is 3.34. The first-order valence-electron chi connectivity index (χ1n) is 8.79. The van der Waals surface area contributed by atoms with Crippen LogP contribution in [0.3, 0.4) is 0 Å². The number of pyridine rings is 1. The van der Waals surface area contributed by atoms with Crippen molar-refractivity contribution in [1.29, 1.82) is 0 Å². The molecule has 0 fully saturated rings. The van der Waals surface area contributed by atoms with Crippen molar-refractivity contribution in [1.82, 2.24) is 14.5 Å². The second-order valence-corrected chi connectivity index (χ2v) is 13.8. The number of halogens is 2. The van der Waals surface area contributed by atoms with Gasteiger partial charge >= 0.3 is 0 Å². The molecule has 1 aliphatic rings. The third-order valence-electron chi connectivity index (χ3n) is 5.52. The van der Waals surface area contributed by atoms with Gasteiger partial charge in [0.2, 0.25) is 0 Å². The number of carbonyl (C=O) groups excluding carboxylic acids is 1. The first kappa shape index (κ1) is 19.5. The number of rotatable bonds is 4. The van der Waals surface area contributed by atoms with Gasteiger partial charge in [0, 0.05) is 25.7 Å². The Morgan fingerprint density at radius 3 is 2.69 bits per heavy atom. The Kier molecular flexibility index (Phi) is 5.04. The van der Waals surface area contributed by atoms with Gasteiger partial charge in [-0.1, -0.05) is 20.8 Å². The molecule has 1 aliphatic heterocycles. The molecule has 0 unspecified atom stereocenters. The molecule has 0 bridgehead atoms. The summed E-state index contributed by atoms with van der Waals surface area (Å²) in [7, 11) is -1.83. The molecule has 0 aromatic carbocycles. The molecule has 0 N–H and O–H groups in total. The molecule has 0 spiro atoms. The molecule has 142 valence electrons. The third-order valence-corrected chi connectivity index (χ3v) is 10.8. The number of amides is 1. The first-order valence-corrected chi connectivity index (χ1v) is 12.5. The van der Waals surface area contributed by atoms with Crippen molar-refractivity contribution in [2.75, 3.05) is 19.7 Å². The molecule has 3 rings (SSSR count). The topological polar surface area (TPSA) is 47.4 Å². The van der Waals surface area contributed by atoms with Crippen LogP contribution >= 0.6 is 15.9 Å². The minimum atomic E-state index is -1.83. The highest BCUT2D eigenvalue weighted by molar-refractivity contribution is 9.10. The monoisotopic (exact) mass is 441 g/mol. The van der Waals surface area contributed by atoms with Gasteiger partial charge in [0.1, 0.15) is 17.0 Å². The van der Waals surface area contributed by atoms with E-state index in [1.54, 1.807) is 0 Å². The van der Waals surface area contributed by atoms with Gasteiger partial charge in [0.15, 0.2) is 8.32 Å². The summed E-state index contributed by atoms with van der Waals surface area (Å²) in [6.45, 7) is 13.3. The van der Waals surface area contributed by atoms with E-state index in [1.165, 1.54) is 12.3 Å². The van der Waals surface area contributed by atoms with Gasteiger partial charge in [-0.25, -0.2) is 4.39 Å². The summed E-state index contributed by atoms with van der Waals surface area (Å²) in [5, 5.41) is 0.143. The molecular weight excluding hydrogens is 417 g/mol. The summed E-state index contributed by atoms with van der Waals surface area (Å²) in [5.41, 5.74) is 1.81. The van der Waals surface area contributed by atoms with Crippen LogP contribution < -0.4 is 0 Å². The fourth-order valence-electron chi connectivity index (χ4n) is 2.91. The lowest BCUT2D eigenvalue weighted by molar-refractivity contribution is 0.0673. The largest absolute Gasteiger partial charge is 0.415 e. The SMILES string of the molecule is CC(C)(C)[Si](C)(C)OCCN1CCn2c(c(Br)c3ncc(F)cc32)C1=O. The molecule has 2 aromatic heterocycles. The minimum Gasteiger partial charge on any atom is -0.415 e. The van der Waals surface area contributed by atoms with Gasteiger partial charge in [0.05, 0.1) is 22.8 Å². The van der Waals surface area contributed by atoms with Crippen LogP contribution in [0.1, 0.15) is 31.3 Å². The van der Waals surface area contributed by atoms with Crippen molar-refractivity contribution < 1.29 is 13.6 Å². The predicted molar refractivity (Wildman–Crippen MR) is 106 cm³/mol. The molecule has 8 heteroatoms. The highest BCUT2D eigenvalue weighted by atomic mass is 79.9. The second-order valence-electron chi connectivity index (χ2n) is 8.24. The van der Waals surface area contributed by atoms with Crippen molar-refractivity contribution in [2.24, 2.45) is 0 Å². The van der Waals surface area contributed by atoms with E-state index >= 15 is 0 Å². The van der Waals surface area contributed by atoms with Crippen LogP contribution in [0, 0.1) is 5.82 Å². The van der Waals surface area contributed by atoms with E-state index < -0.39 is 14.1 Å². The maximum Gasteiger partial charge on any atom is 0.271 e. The summed E-state index contributed by atoms with van der Waals surface area (Å²) < 4.78 is 22.2. The Morgan fingerprint density at radius 1 is 1.35 bits per heavy atom. The summed E-state index contributed by atoms with van der Waals surface area (Å²) >= 11 is 3.48. The highest BCUT2D eigenvalue weighted by Gasteiger charge is 2.37. The molecule has 5 nitrogen and oxygen atoms in total. The number of carbonyl (C=O) groups is 1. The van der Waals surface area contributed by atoms with E-state index in [0.29, 0.717) is 47.4 Å². The van der Waals surface area contributed by atoms with Crippen LogP contribution in [0.25, 0.3) is 11.0 Å². The molecule has 26 heavy (non-hydrogen) atoms. The summed E-state index contributed by atoms with van der Waals surface area (Å²) in [6.07, 6.45) is 1.17. The normalized spacial score (nSPS) is 15.7. The Labute approximate surface area is 162 Å². The van der Waals surface area contributed by atoms with Crippen molar-refractivity contribution in [3.63, 3.8) is 0 Å². The smallest absolute Gasteiger partial charge is 0.271 e. The van der Waals surface area contributed by atoms with Crippen LogP contribution in [0.15, 0.2) is 16.7 Å². The van der Waals surface area contributed by atoms with E-state index in [9.17, 15) is 9.18 Å². The van der Waals surface area contributed by atoms with Crippen molar-refractivity contribution in [3.05, 3.63) is 28.2 Å². The second kappa shape index (κ2) is 6.72. The molecule has 0 atom stereocenters. The van der Waals surface area contributed by atoms with E-state index in [-0.39, 0.29) is 10.9 Å². The standard InChI is InChI=1S/C18H25BrFN3O2Si/c1-18(2,3)26(4,5)25-9-8-22-6-7-23-13-10-12(20)11-21-15(13)14(19)16(23)17(22)24/h10-11H,6-9H2,1-5H3. The minimum absolute atomic E-state index is 0.0691. The van der Waals surface area contributed by atoms with Crippen LogP contribution in [-0.4, -0.2) is 48.4 Å². The highest BCUT2D eigenvalue weighted by Crippen LogP contribution is 2.37. The average Bonchev–Trinajstić information content (AvgIpc) is 2.81. The molecule has 1 amide bonds. The summed E-state index contributed by atoms with van der Waals surface area (Å²) in [6, 6.07) is 1.43. The lowest BCUT2D eigenvalue weighted by atomic mass is 10.2. The van der Waals surface area contributed by atoms with E-state index in [1.807, 2.05) is 9.47 Å². The molecule has 0 radical (unpaired) electrons. The van der Waals surface area contributed by atoms with Gasteiger partial charge in [-0.05, 0) is 34.1 Å². The molecule has 2 aromatic rings. The molecule has 0 saturated heterocycles. The fraction of sp³-hybridized carbons (Fsp3) is 0.556. The maximum atomic E-state index is 13.6. The van der Waals surface area contributed by atoms with Gasteiger partial charge in [-0.3, -0.25) is 9.78 Å². The Hall–Kier alpha value is -1.25. The van der Waals surface area contributed by atoms with Crippen LogP contribution in [-0.2, 0) is 11.0 Å². The first-order chi connectivity index (χ1) is 12.0. The predicted octanol–water partition coefficient (Wildman–Crippen LogP) is 4.42. The average molecular weight is 442 g/mol. The lowest BCUT2D eigenvalue weighted by Crippen LogP contribution is -2.45. The lowest BCUT2D eigenvalue weighted by Gasteiger charge is -2.37. The Balaban J connectivity index is 1.77. The van der Waals surface area contributed by atoms with E-state index in [0.717, 1.165) is 0 Å². The summed E-state index contributed by atoms with van der Waals surface area (Å²) in [4.78, 5) is 18.9. The Bertz CT molecular complexity index is 860. The molecule has 0 aliphatic carbocycles. The molecule has 3 heterocycles. The van der Waals surface area contributed by atoms with Crippen LogP contribution in [0.4, 0.5) is 4.39 Å². The van der Waals surface area contributed by atoms with Crippen molar-refractivity contribution >= 4 is 41.2 Å². The van der Waals surface area contributed by atoms with Crippen LogP contribution in [0.5, 0.6) is 0 Å². The number of aromatic nitrogens is 2. The van der Waals surface area contributed by atoms with E-state index in [2.05, 4.69) is 54.8 Å². The van der Waals surface area contributed by atoms with Crippen molar-refractivity contribution in [3.8, 4) is 0 Å². The van der Waals surface area contributed by atoms with Gasteiger partial charge in [0.25, 0.3) is 5.91 Å². The van der Waals surface area contributed by atoms with Gasteiger partial charge in [-0.15, -0.1) is 0 Å². The van der Waals surface area contributed by atoms with E-state index in [4.69, 9.17) is 4.43 Å².